The Bertz CT molecular complexity index is 474. The molecule has 0 spiro atoms. The van der Waals surface area contributed by atoms with E-state index in [2.05, 4.69) is 33.7 Å². The zero-order chi connectivity index (χ0) is 10.8. The van der Waals surface area contributed by atoms with Gasteiger partial charge in [-0.25, -0.2) is 0 Å². The van der Waals surface area contributed by atoms with E-state index in [-0.39, 0.29) is 0 Å². The van der Waals surface area contributed by atoms with Gasteiger partial charge in [0.15, 0.2) is 0 Å². The standard InChI is InChI=1S/C12H15N3O/c1-2-11(5-12-10(1)7-14-15-12)13-6-9-3-4-16-8-9/h1-2,5,7,9,13H,3-4,6,8H2,(H,14,15). The fraction of sp³-hybridized carbons (Fsp3) is 0.417. The summed E-state index contributed by atoms with van der Waals surface area (Å²) in [5.74, 6) is 0.650. The first kappa shape index (κ1) is 9.66. The molecule has 1 aliphatic heterocycles. The van der Waals surface area contributed by atoms with Gasteiger partial charge in [-0.3, -0.25) is 5.10 Å². The molecule has 2 heterocycles. The van der Waals surface area contributed by atoms with Crippen molar-refractivity contribution in [2.45, 2.75) is 6.42 Å². The summed E-state index contributed by atoms with van der Waals surface area (Å²) in [7, 11) is 0. The molecule has 16 heavy (non-hydrogen) atoms. The number of nitrogens with zero attached hydrogens (tertiary/aromatic N) is 1. The molecule has 0 amide bonds. The molecule has 2 aromatic rings. The van der Waals surface area contributed by atoms with Gasteiger partial charge in [0.25, 0.3) is 0 Å². The zero-order valence-electron chi connectivity index (χ0n) is 9.07. The first-order chi connectivity index (χ1) is 7.92. The molecule has 4 heteroatoms. The largest absolute Gasteiger partial charge is 0.385 e. The fourth-order valence-corrected chi connectivity index (χ4v) is 2.05. The summed E-state index contributed by atoms with van der Waals surface area (Å²) in [5.41, 5.74) is 2.22. The van der Waals surface area contributed by atoms with Crippen molar-refractivity contribution in [3.8, 4) is 0 Å². The summed E-state index contributed by atoms with van der Waals surface area (Å²) in [6, 6.07) is 6.26. The van der Waals surface area contributed by atoms with Crippen LogP contribution in [0.25, 0.3) is 10.9 Å². The lowest BCUT2D eigenvalue weighted by atomic mass is 10.1. The molecule has 1 unspecified atom stereocenters. The number of nitrogens with one attached hydrogen (secondary N) is 2. The number of rotatable bonds is 3. The molecular weight excluding hydrogens is 202 g/mol. The third-order valence-electron chi connectivity index (χ3n) is 3.06. The van der Waals surface area contributed by atoms with Gasteiger partial charge in [-0.15, -0.1) is 0 Å². The van der Waals surface area contributed by atoms with Crippen LogP contribution in [0.2, 0.25) is 0 Å². The monoisotopic (exact) mass is 217 g/mol. The molecule has 2 N–H and O–H groups in total. The van der Waals surface area contributed by atoms with E-state index in [1.807, 2.05) is 6.20 Å². The minimum Gasteiger partial charge on any atom is -0.385 e. The maximum absolute atomic E-state index is 5.35. The summed E-state index contributed by atoms with van der Waals surface area (Å²) < 4.78 is 5.35. The molecular formula is C12H15N3O. The second-order valence-corrected chi connectivity index (χ2v) is 4.28. The van der Waals surface area contributed by atoms with Crippen LogP contribution in [0.4, 0.5) is 5.69 Å². The molecule has 0 saturated carbocycles. The van der Waals surface area contributed by atoms with Crippen molar-refractivity contribution < 1.29 is 4.74 Å². The lowest BCUT2D eigenvalue weighted by molar-refractivity contribution is 0.187. The highest BCUT2D eigenvalue weighted by molar-refractivity contribution is 5.81. The maximum atomic E-state index is 5.35. The number of aromatic nitrogens is 2. The molecule has 1 aromatic heterocycles. The van der Waals surface area contributed by atoms with Crippen molar-refractivity contribution in [3.63, 3.8) is 0 Å². The van der Waals surface area contributed by atoms with Crippen LogP contribution in [-0.2, 0) is 4.74 Å². The van der Waals surface area contributed by atoms with Crippen LogP contribution in [0.3, 0.4) is 0 Å². The van der Waals surface area contributed by atoms with Gasteiger partial charge in [0.05, 0.1) is 18.3 Å². The summed E-state index contributed by atoms with van der Waals surface area (Å²) >= 11 is 0. The Balaban J connectivity index is 1.68. The number of fused-ring (bicyclic) bond motifs is 1. The van der Waals surface area contributed by atoms with E-state index in [0.717, 1.165) is 36.3 Å². The first-order valence-corrected chi connectivity index (χ1v) is 5.66. The molecule has 1 atom stereocenters. The topological polar surface area (TPSA) is 49.9 Å². The van der Waals surface area contributed by atoms with Crippen LogP contribution in [-0.4, -0.2) is 30.0 Å². The predicted molar refractivity (Wildman–Crippen MR) is 63.5 cm³/mol. The second-order valence-electron chi connectivity index (χ2n) is 4.28. The van der Waals surface area contributed by atoms with Gasteiger partial charge in [0.2, 0.25) is 0 Å². The molecule has 1 aromatic carbocycles. The summed E-state index contributed by atoms with van der Waals surface area (Å²) in [6.45, 7) is 2.78. The molecule has 4 nitrogen and oxygen atoms in total. The number of ether oxygens (including phenoxy) is 1. The van der Waals surface area contributed by atoms with Gasteiger partial charge in [-0.05, 0) is 24.6 Å². The molecule has 3 rings (SSSR count). The van der Waals surface area contributed by atoms with Gasteiger partial charge in [0, 0.05) is 30.1 Å². The molecule has 1 aliphatic rings. The molecule has 1 fully saturated rings. The lowest BCUT2D eigenvalue weighted by Crippen LogP contribution is -2.13. The Labute approximate surface area is 94.0 Å². The lowest BCUT2D eigenvalue weighted by Gasteiger charge is -2.10. The average molecular weight is 217 g/mol. The van der Waals surface area contributed by atoms with Crippen LogP contribution < -0.4 is 5.32 Å². The first-order valence-electron chi connectivity index (χ1n) is 5.66. The van der Waals surface area contributed by atoms with Crippen molar-refractivity contribution in [1.82, 2.24) is 10.2 Å². The van der Waals surface area contributed by atoms with Crippen molar-refractivity contribution in [3.05, 3.63) is 24.4 Å². The molecule has 84 valence electrons. The summed E-state index contributed by atoms with van der Waals surface area (Å²) in [5, 5.41) is 11.6. The molecule has 0 bridgehead atoms. The van der Waals surface area contributed by atoms with Crippen molar-refractivity contribution in [1.29, 1.82) is 0 Å². The van der Waals surface area contributed by atoms with Crippen molar-refractivity contribution in [2.75, 3.05) is 25.1 Å². The Morgan fingerprint density at radius 2 is 2.50 bits per heavy atom. The SMILES string of the molecule is c1cc2cn[nH]c2cc1NCC1CCOC1. The maximum Gasteiger partial charge on any atom is 0.0670 e. The van der Waals surface area contributed by atoms with Gasteiger partial charge < -0.3 is 10.1 Å². The van der Waals surface area contributed by atoms with Crippen LogP contribution in [0.15, 0.2) is 24.4 Å². The number of hydrogen-bond donors (Lipinski definition) is 2. The number of benzene rings is 1. The van der Waals surface area contributed by atoms with Crippen LogP contribution in [0.1, 0.15) is 6.42 Å². The van der Waals surface area contributed by atoms with E-state index in [0.29, 0.717) is 5.92 Å². The van der Waals surface area contributed by atoms with Gasteiger partial charge in [-0.1, -0.05) is 0 Å². The highest BCUT2D eigenvalue weighted by Gasteiger charge is 2.14. The van der Waals surface area contributed by atoms with Gasteiger partial charge in [0.1, 0.15) is 0 Å². The molecule has 1 saturated heterocycles. The Morgan fingerprint density at radius 1 is 1.50 bits per heavy atom. The second kappa shape index (κ2) is 4.14. The van der Waals surface area contributed by atoms with Crippen LogP contribution in [0.5, 0.6) is 0 Å². The number of H-pyrrole nitrogens is 1. The van der Waals surface area contributed by atoms with Crippen LogP contribution in [0, 0.1) is 5.92 Å². The zero-order valence-corrected chi connectivity index (χ0v) is 9.07. The van der Waals surface area contributed by atoms with Crippen molar-refractivity contribution >= 4 is 16.6 Å². The highest BCUT2D eigenvalue weighted by atomic mass is 16.5. The minimum atomic E-state index is 0.650. The number of anilines is 1. The third-order valence-corrected chi connectivity index (χ3v) is 3.06. The smallest absolute Gasteiger partial charge is 0.0670 e. The average Bonchev–Trinajstić information content (AvgIpc) is 2.97. The van der Waals surface area contributed by atoms with E-state index < -0.39 is 0 Å². The van der Waals surface area contributed by atoms with E-state index in [1.54, 1.807) is 0 Å². The fourth-order valence-electron chi connectivity index (χ4n) is 2.05. The van der Waals surface area contributed by atoms with Gasteiger partial charge >= 0.3 is 0 Å². The molecule has 0 radical (unpaired) electrons. The van der Waals surface area contributed by atoms with Crippen LogP contribution >= 0.6 is 0 Å². The van der Waals surface area contributed by atoms with E-state index in [9.17, 15) is 0 Å². The number of aromatic amines is 1. The Hall–Kier alpha value is -1.55. The normalized spacial score (nSPS) is 20.4. The summed E-state index contributed by atoms with van der Waals surface area (Å²) in [6.07, 6.45) is 3.00. The van der Waals surface area contributed by atoms with E-state index in [4.69, 9.17) is 4.74 Å². The minimum absolute atomic E-state index is 0.650. The highest BCUT2D eigenvalue weighted by Crippen LogP contribution is 2.18. The van der Waals surface area contributed by atoms with Gasteiger partial charge in [-0.2, -0.15) is 5.10 Å². The quantitative estimate of drug-likeness (QED) is 0.826. The van der Waals surface area contributed by atoms with E-state index >= 15 is 0 Å². The predicted octanol–water partition coefficient (Wildman–Crippen LogP) is 2.01. The van der Waals surface area contributed by atoms with E-state index in [1.165, 1.54) is 6.42 Å². The Kier molecular flexibility index (Phi) is 2.50. The Morgan fingerprint density at radius 3 is 3.38 bits per heavy atom. The molecule has 0 aliphatic carbocycles. The summed E-state index contributed by atoms with van der Waals surface area (Å²) in [4.78, 5) is 0. The van der Waals surface area contributed by atoms with Crippen molar-refractivity contribution in [2.24, 2.45) is 5.92 Å². The number of hydrogen-bond acceptors (Lipinski definition) is 3. The third kappa shape index (κ3) is 1.88.